The van der Waals surface area contributed by atoms with E-state index >= 15 is 0 Å². The van der Waals surface area contributed by atoms with Crippen LogP contribution in [-0.4, -0.2) is 18.5 Å². The Kier molecular flexibility index (Phi) is 4.41. The number of benzene rings is 3. The number of nitrogens with one attached hydrogen (secondary N) is 1. The van der Waals surface area contributed by atoms with Crippen LogP contribution in [0.5, 0.6) is 11.5 Å². The van der Waals surface area contributed by atoms with Crippen molar-refractivity contribution in [2.45, 2.75) is 6.36 Å². The van der Waals surface area contributed by atoms with Gasteiger partial charge in [0.15, 0.2) is 5.43 Å². The minimum absolute atomic E-state index is 0.0697. The molecule has 8 heteroatoms. The van der Waals surface area contributed by atoms with Gasteiger partial charge in [0.05, 0.1) is 23.5 Å². The lowest BCUT2D eigenvalue weighted by molar-refractivity contribution is -0.274. The average Bonchev–Trinajstić information content (AvgIpc) is 2.66. The third-order valence-electron chi connectivity index (χ3n) is 4.48. The molecule has 0 unspecified atom stereocenters. The number of rotatable bonds is 3. The Labute approximate surface area is 161 Å². The van der Waals surface area contributed by atoms with Crippen LogP contribution in [0.3, 0.4) is 0 Å². The topological polar surface area (TPSA) is 51.3 Å². The molecule has 1 heterocycles. The molecule has 148 valence electrons. The molecule has 0 radical (unpaired) electrons. The maximum absolute atomic E-state index is 14.3. The zero-order valence-electron chi connectivity index (χ0n) is 14.9. The van der Waals surface area contributed by atoms with Crippen LogP contribution < -0.4 is 14.9 Å². The third kappa shape index (κ3) is 3.61. The van der Waals surface area contributed by atoms with E-state index in [2.05, 4.69) is 9.72 Å². The average molecular weight is 403 g/mol. The van der Waals surface area contributed by atoms with E-state index in [4.69, 9.17) is 4.74 Å². The number of halogens is 4. The van der Waals surface area contributed by atoms with Crippen molar-refractivity contribution in [3.8, 4) is 22.6 Å². The first kappa shape index (κ1) is 18.8. The Morgan fingerprint density at radius 3 is 2.21 bits per heavy atom. The van der Waals surface area contributed by atoms with Crippen LogP contribution >= 0.6 is 0 Å². The normalized spacial score (nSPS) is 11.8. The van der Waals surface area contributed by atoms with Gasteiger partial charge in [-0.05, 0) is 35.4 Å². The highest BCUT2D eigenvalue weighted by molar-refractivity contribution is 5.95. The molecule has 3 aromatic carbocycles. The van der Waals surface area contributed by atoms with E-state index < -0.39 is 17.6 Å². The van der Waals surface area contributed by atoms with Crippen molar-refractivity contribution in [1.82, 2.24) is 4.98 Å². The summed E-state index contributed by atoms with van der Waals surface area (Å²) in [7, 11) is 1.39. The Bertz CT molecular complexity index is 1280. The Balaban J connectivity index is 1.81. The second kappa shape index (κ2) is 6.80. The van der Waals surface area contributed by atoms with E-state index in [1.807, 2.05) is 0 Å². The van der Waals surface area contributed by atoms with E-state index in [9.17, 15) is 22.4 Å². The number of fused-ring (bicyclic) bond motifs is 2. The van der Waals surface area contributed by atoms with Crippen LogP contribution in [-0.2, 0) is 0 Å². The summed E-state index contributed by atoms with van der Waals surface area (Å²) in [4.78, 5) is 15.7. The standard InChI is InChI=1S/C21H13F4NO3/c1-28-14-9-16(22)19-18(10-14)26-17-8-12(4-7-15(17)20(19)27)11-2-5-13(6-3-11)29-21(23,24)25/h2-10H,1H3,(H,26,27). The minimum Gasteiger partial charge on any atom is -0.497 e. The fraction of sp³-hybridized carbons (Fsp3) is 0.0952. The molecule has 0 bridgehead atoms. The highest BCUT2D eigenvalue weighted by Crippen LogP contribution is 2.29. The summed E-state index contributed by atoms with van der Waals surface area (Å²) >= 11 is 0. The highest BCUT2D eigenvalue weighted by atomic mass is 19.4. The predicted octanol–water partition coefficient (Wildman–Crippen LogP) is 5.39. The second-order valence-corrected chi connectivity index (χ2v) is 6.32. The molecule has 0 spiro atoms. The second-order valence-electron chi connectivity index (χ2n) is 6.32. The predicted molar refractivity (Wildman–Crippen MR) is 101 cm³/mol. The molecule has 0 aliphatic carbocycles. The fourth-order valence-corrected chi connectivity index (χ4v) is 3.18. The Hall–Kier alpha value is -3.55. The summed E-state index contributed by atoms with van der Waals surface area (Å²) in [5, 5.41) is 0.224. The van der Waals surface area contributed by atoms with E-state index in [0.29, 0.717) is 22.0 Å². The lowest BCUT2D eigenvalue weighted by Gasteiger charge is -2.10. The number of ether oxygens (including phenoxy) is 2. The number of aromatic amines is 1. The first-order valence-corrected chi connectivity index (χ1v) is 8.44. The van der Waals surface area contributed by atoms with Crippen LogP contribution in [0.25, 0.3) is 32.9 Å². The maximum atomic E-state index is 14.3. The molecule has 0 atom stereocenters. The summed E-state index contributed by atoms with van der Waals surface area (Å²) in [5.41, 5.74) is 1.57. The van der Waals surface area contributed by atoms with Crippen LogP contribution in [0, 0.1) is 5.82 Å². The molecule has 0 amide bonds. The van der Waals surface area contributed by atoms with Crippen LogP contribution in [0.2, 0.25) is 0 Å². The van der Waals surface area contributed by atoms with Gasteiger partial charge in [0.2, 0.25) is 0 Å². The van der Waals surface area contributed by atoms with Gasteiger partial charge >= 0.3 is 6.36 Å². The van der Waals surface area contributed by atoms with Crippen molar-refractivity contribution >= 4 is 21.8 Å². The zero-order chi connectivity index (χ0) is 20.8. The van der Waals surface area contributed by atoms with E-state index in [1.54, 1.807) is 18.2 Å². The van der Waals surface area contributed by atoms with Gasteiger partial charge in [0.25, 0.3) is 0 Å². The molecule has 1 aromatic heterocycles. The summed E-state index contributed by atoms with van der Waals surface area (Å²) in [6, 6.07) is 12.9. The van der Waals surface area contributed by atoms with Gasteiger partial charge in [0, 0.05) is 17.5 Å². The largest absolute Gasteiger partial charge is 0.573 e. The Morgan fingerprint density at radius 1 is 0.862 bits per heavy atom. The van der Waals surface area contributed by atoms with Crippen molar-refractivity contribution in [2.75, 3.05) is 7.11 Å². The fourth-order valence-electron chi connectivity index (χ4n) is 3.18. The van der Waals surface area contributed by atoms with E-state index in [-0.39, 0.29) is 22.4 Å². The molecular weight excluding hydrogens is 390 g/mol. The molecule has 0 fully saturated rings. The molecule has 4 aromatic rings. The minimum atomic E-state index is -4.76. The van der Waals surface area contributed by atoms with Gasteiger partial charge in [-0.2, -0.15) is 0 Å². The number of methoxy groups -OCH3 is 1. The molecule has 29 heavy (non-hydrogen) atoms. The zero-order valence-corrected chi connectivity index (χ0v) is 14.9. The van der Waals surface area contributed by atoms with Crippen molar-refractivity contribution in [3.05, 3.63) is 70.6 Å². The van der Waals surface area contributed by atoms with Gasteiger partial charge < -0.3 is 14.5 Å². The number of pyridine rings is 1. The molecule has 0 aliphatic heterocycles. The van der Waals surface area contributed by atoms with Crippen LogP contribution in [0.15, 0.2) is 59.4 Å². The first-order valence-electron chi connectivity index (χ1n) is 8.44. The maximum Gasteiger partial charge on any atom is 0.573 e. The highest BCUT2D eigenvalue weighted by Gasteiger charge is 2.30. The van der Waals surface area contributed by atoms with E-state index in [0.717, 1.165) is 6.07 Å². The molecule has 1 N–H and O–H groups in total. The number of aromatic nitrogens is 1. The van der Waals surface area contributed by atoms with Gasteiger partial charge in [-0.15, -0.1) is 13.2 Å². The van der Waals surface area contributed by atoms with Gasteiger partial charge in [0.1, 0.15) is 17.3 Å². The smallest absolute Gasteiger partial charge is 0.497 e. The van der Waals surface area contributed by atoms with Gasteiger partial charge in [-0.3, -0.25) is 4.79 Å². The molecule has 0 saturated carbocycles. The van der Waals surface area contributed by atoms with Crippen molar-refractivity contribution in [3.63, 3.8) is 0 Å². The number of hydrogen-bond acceptors (Lipinski definition) is 3. The summed E-state index contributed by atoms with van der Waals surface area (Å²) in [6.45, 7) is 0. The van der Waals surface area contributed by atoms with Crippen molar-refractivity contribution < 1.29 is 27.0 Å². The molecule has 0 aliphatic rings. The van der Waals surface area contributed by atoms with E-state index in [1.165, 1.54) is 37.4 Å². The van der Waals surface area contributed by atoms with Crippen molar-refractivity contribution in [2.24, 2.45) is 0 Å². The SMILES string of the molecule is COc1cc(F)c2c(=O)c3ccc(-c4ccc(OC(F)(F)F)cc4)cc3[nH]c2c1. The molecule has 4 rings (SSSR count). The summed E-state index contributed by atoms with van der Waals surface area (Å²) in [5.74, 6) is -0.753. The molecule has 0 saturated heterocycles. The number of H-pyrrole nitrogens is 1. The number of alkyl halides is 3. The van der Waals surface area contributed by atoms with Crippen LogP contribution in [0.1, 0.15) is 0 Å². The van der Waals surface area contributed by atoms with Gasteiger partial charge in [-0.1, -0.05) is 18.2 Å². The van der Waals surface area contributed by atoms with Gasteiger partial charge in [-0.25, -0.2) is 4.39 Å². The summed E-state index contributed by atoms with van der Waals surface area (Å²) in [6.07, 6.45) is -4.76. The Morgan fingerprint density at radius 2 is 1.55 bits per heavy atom. The monoisotopic (exact) mass is 403 g/mol. The third-order valence-corrected chi connectivity index (χ3v) is 4.48. The number of hydrogen-bond donors (Lipinski definition) is 1. The molecule has 4 nitrogen and oxygen atoms in total. The molecular formula is C21H13F4NO3. The quantitative estimate of drug-likeness (QED) is 0.368. The first-order chi connectivity index (χ1) is 13.7. The van der Waals surface area contributed by atoms with Crippen molar-refractivity contribution in [1.29, 1.82) is 0 Å². The summed E-state index contributed by atoms with van der Waals surface area (Å²) < 4.78 is 60.1. The lowest BCUT2D eigenvalue weighted by Crippen LogP contribution is -2.16. The lowest BCUT2D eigenvalue weighted by atomic mass is 10.0. The van der Waals surface area contributed by atoms with Crippen LogP contribution in [0.4, 0.5) is 17.6 Å².